The third-order valence-electron chi connectivity index (χ3n) is 6.76. The summed E-state index contributed by atoms with van der Waals surface area (Å²) < 4.78 is 4.75. The Morgan fingerprint density at radius 1 is 0.919 bits per heavy atom. The van der Waals surface area contributed by atoms with Crippen molar-refractivity contribution in [2.24, 2.45) is 7.05 Å². The van der Waals surface area contributed by atoms with E-state index in [1.54, 1.807) is 4.57 Å². The van der Waals surface area contributed by atoms with Gasteiger partial charge in [-0.3, -0.25) is 13.9 Å². The molecule has 0 aliphatic carbocycles. The molecule has 0 aliphatic rings. The molecule has 0 unspecified atom stereocenters. The van der Waals surface area contributed by atoms with E-state index in [0.29, 0.717) is 30.1 Å². The number of tetrazole rings is 1. The van der Waals surface area contributed by atoms with Crippen molar-refractivity contribution >= 4 is 11.2 Å². The van der Waals surface area contributed by atoms with E-state index in [0.717, 1.165) is 53.8 Å². The minimum absolute atomic E-state index is 0.315. The summed E-state index contributed by atoms with van der Waals surface area (Å²) in [6.45, 7) is 4.99. The van der Waals surface area contributed by atoms with E-state index < -0.39 is 0 Å². The number of fused-ring (bicyclic) bond motifs is 1. The van der Waals surface area contributed by atoms with Crippen molar-refractivity contribution in [3.8, 4) is 22.5 Å². The van der Waals surface area contributed by atoms with E-state index in [1.165, 1.54) is 11.6 Å². The number of unbranched alkanes of at least 4 members (excludes halogenated alkanes) is 2. The molecule has 37 heavy (non-hydrogen) atoms. The summed E-state index contributed by atoms with van der Waals surface area (Å²) >= 11 is 0. The summed E-state index contributed by atoms with van der Waals surface area (Å²) in [5, 5.41) is 14.3. The molecule has 0 saturated heterocycles. The zero-order chi connectivity index (χ0) is 25.9. The van der Waals surface area contributed by atoms with Crippen LogP contribution in [0, 0.1) is 0 Å². The lowest BCUT2D eigenvalue weighted by atomic mass is 9.98. The van der Waals surface area contributed by atoms with Crippen LogP contribution in [0.4, 0.5) is 0 Å². The molecule has 5 rings (SSSR count). The van der Waals surface area contributed by atoms with Crippen LogP contribution in [0.5, 0.6) is 0 Å². The lowest BCUT2D eigenvalue weighted by Crippen LogP contribution is -2.38. The minimum Gasteiger partial charge on any atom is -0.318 e. The van der Waals surface area contributed by atoms with E-state index in [4.69, 9.17) is 4.98 Å². The van der Waals surface area contributed by atoms with Gasteiger partial charge in [0.25, 0.3) is 5.56 Å². The van der Waals surface area contributed by atoms with Gasteiger partial charge in [-0.2, -0.15) is 0 Å². The van der Waals surface area contributed by atoms with Crippen LogP contribution in [0.1, 0.15) is 44.5 Å². The topological polar surface area (TPSA) is 116 Å². The van der Waals surface area contributed by atoms with Crippen molar-refractivity contribution in [2.75, 3.05) is 0 Å². The van der Waals surface area contributed by atoms with Crippen LogP contribution in [-0.4, -0.2) is 39.3 Å². The normalized spacial score (nSPS) is 11.4. The predicted molar refractivity (Wildman–Crippen MR) is 142 cm³/mol. The standard InChI is InChI=1S/C27H30N8O2/c1-4-6-7-12-22-28-25-23(26(36)33(3)27(37)34(25)5-2)35(22)17-18-13-15-19(16-14-18)20-10-8-9-11-21(20)24-29-31-32-30-24/h8-11,13-16H,4-7,12,17H2,1-3H3,(H,29,30,31,32). The monoisotopic (exact) mass is 498 g/mol. The summed E-state index contributed by atoms with van der Waals surface area (Å²) in [6, 6.07) is 16.2. The summed E-state index contributed by atoms with van der Waals surface area (Å²) in [5.74, 6) is 1.44. The van der Waals surface area contributed by atoms with Gasteiger partial charge in [-0.1, -0.05) is 68.3 Å². The number of hydrogen-bond acceptors (Lipinski definition) is 6. The molecular weight excluding hydrogens is 468 g/mol. The van der Waals surface area contributed by atoms with Crippen LogP contribution in [0.3, 0.4) is 0 Å². The molecule has 10 nitrogen and oxygen atoms in total. The predicted octanol–water partition coefficient (Wildman–Crippen LogP) is 3.54. The first kappa shape index (κ1) is 24.4. The SMILES string of the molecule is CCCCCc1nc2c(c(=O)n(C)c(=O)n2CC)n1Cc1ccc(-c2ccccc2-c2nnn[nH]2)cc1. The third kappa shape index (κ3) is 4.50. The fourth-order valence-electron chi connectivity index (χ4n) is 4.77. The summed E-state index contributed by atoms with van der Waals surface area (Å²) in [4.78, 5) is 30.8. The molecule has 0 radical (unpaired) electrons. The Balaban J connectivity index is 1.55. The second-order valence-electron chi connectivity index (χ2n) is 9.13. The Labute approximate surface area is 213 Å². The Hall–Kier alpha value is -4.34. The number of aromatic nitrogens is 8. The maximum atomic E-state index is 13.2. The Kier molecular flexibility index (Phi) is 6.80. The molecule has 3 aromatic heterocycles. The van der Waals surface area contributed by atoms with Crippen LogP contribution in [0.25, 0.3) is 33.7 Å². The Morgan fingerprint density at radius 3 is 2.35 bits per heavy atom. The average molecular weight is 499 g/mol. The highest BCUT2D eigenvalue weighted by Gasteiger charge is 2.20. The van der Waals surface area contributed by atoms with Crippen molar-refractivity contribution < 1.29 is 0 Å². The Morgan fingerprint density at radius 2 is 1.68 bits per heavy atom. The second-order valence-corrected chi connectivity index (χ2v) is 9.13. The second kappa shape index (κ2) is 10.3. The van der Waals surface area contributed by atoms with Crippen molar-refractivity contribution in [2.45, 2.75) is 52.6 Å². The van der Waals surface area contributed by atoms with Gasteiger partial charge in [-0.25, -0.2) is 14.9 Å². The number of aryl methyl sites for hydroxylation is 2. The molecule has 0 spiro atoms. The van der Waals surface area contributed by atoms with Gasteiger partial charge in [0.2, 0.25) is 0 Å². The van der Waals surface area contributed by atoms with Crippen LogP contribution < -0.4 is 11.2 Å². The number of imidazole rings is 1. The maximum absolute atomic E-state index is 13.2. The zero-order valence-corrected chi connectivity index (χ0v) is 21.3. The highest BCUT2D eigenvalue weighted by Crippen LogP contribution is 2.30. The van der Waals surface area contributed by atoms with Crippen LogP contribution in [0.15, 0.2) is 58.1 Å². The van der Waals surface area contributed by atoms with Crippen molar-refractivity contribution in [3.63, 3.8) is 0 Å². The zero-order valence-electron chi connectivity index (χ0n) is 21.3. The molecule has 0 amide bonds. The van der Waals surface area contributed by atoms with Crippen LogP contribution in [-0.2, 0) is 26.6 Å². The van der Waals surface area contributed by atoms with Gasteiger partial charge in [0, 0.05) is 32.1 Å². The van der Waals surface area contributed by atoms with Crippen molar-refractivity contribution in [1.82, 2.24) is 39.3 Å². The van der Waals surface area contributed by atoms with Gasteiger partial charge in [0.05, 0.1) is 0 Å². The van der Waals surface area contributed by atoms with Crippen molar-refractivity contribution in [3.05, 3.63) is 80.8 Å². The fraction of sp³-hybridized carbons (Fsp3) is 0.333. The summed E-state index contributed by atoms with van der Waals surface area (Å²) in [5.41, 5.74) is 4.29. The third-order valence-corrected chi connectivity index (χ3v) is 6.76. The van der Waals surface area contributed by atoms with Crippen LogP contribution >= 0.6 is 0 Å². The number of aromatic amines is 1. The van der Waals surface area contributed by atoms with Gasteiger partial charge in [-0.15, -0.1) is 5.10 Å². The molecule has 0 aliphatic heterocycles. The van der Waals surface area contributed by atoms with E-state index in [1.807, 2.05) is 35.8 Å². The minimum atomic E-state index is -0.338. The first-order chi connectivity index (χ1) is 18.0. The summed E-state index contributed by atoms with van der Waals surface area (Å²) in [7, 11) is 1.53. The van der Waals surface area contributed by atoms with Gasteiger partial charge in [0.15, 0.2) is 17.0 Å². The number of hydrogen-bond donors (Lipinski definition) is 1. The molecule has 0 atom stereocenters. The lowest BCUT2D eigenvalue weighted by Gasteiger charge is -2.12. The highest BCUT2D eigenvalue weighted by atomic mass is 16.2. The number of benzene rings is 2. The lowest BCUT2D eigenvalue weighted by molar-refractivity contribution is 0.648. The largest absolute Gasteiger partial charge is 0.332 e. The fourth-order valence-corrected chi connectivity index (χ4v) is 4.77. The van der Waals surface area contributed by atoms with Crippen molar-refractivity contribution in [1.29, 1.82) is 0 Å². The quantitative estimate of drug-likeness (QED) is 0.311. The number of H-pyrrole nitrogens is 1. The first-order valence-electron chi connectivity index (χ1n) is 12.6. The van der Waals surface area contributed by atoms with Gasteiger partial charge in [0.1, 0.15) is 5.82 Å². The highest BCUT2D eigenvalue weighted by molar-refractivity contribution is 5.80. The van der Waals surface area contributed by atoms with E-state index in [9.17, 15) is 9.59 Å². The van der Waals surface area contributed by atoms with E-state index >= 15 is 0 Å². The summed E-state index contributed by atoms with van der Waals surface area (Å²) in [6.07, 6.45) is 3.90. The molecule has 0 saturated carbocycles. The number of nitrogens with one attached hydrogen (secondary N) is 1. The molecule has 190 valence electrons. The molecule has 2 aromatic carbocycles. The molecular formula is C27H30N8O2. The molecule has 1 N–H and O–H groups in total. The van der Waals surface area contributed by atoms with Gasteiger partial charge < -0.3 is 4.57 Å². The van der Waals surface area contributed by atoms with Crippen LogP contribution in [0.2, 0.25) is 0 Å². The molecule has 0 bridgehead atoms. The van der Waals surface area contributed by atoms with Gasteiger partial charge in [-0.05, 0) is 40.5 Å². The first-order valence-corrected chi connectivity index (χ1v) is 12.6. The maximum Gasteiger partial charge on any atom is 0.332 e. The smallest absolute Gasteiger partial charge is 0.318 e. The molecule has 0 fully saturated rings. The Bertz CT molecular complexity index is 1640. The van der Waals surface area contributed by atoms with E-state index in [2.05, 4.69) is 51.8 Å². The van der Waals surface area contributed by atoms with E-state index in [-0.39, 0.29) is 11.2 Å². The number of nitrogens with zero attached hydrogens (tertiary/aromatic N) is 7. The number of rotatable bonds is 9. The molecule has 3 heterocycles. The molecule has 5 aromatic rings. The van der Waals surface area contributed by atoms with Gasteiger partial charge >= 0.3 is 5.69 Å². The average Bonchev–Trinajstić information content (AvgIpc) is 3.58. The molecule has 10 heteroatoms.